The van der Waals surface area contributed by atoms with Gasteiger partial charge in [-0.15, -0.1) is 0 Å². The number of rotatable bonds is 6. The summed E-state index contributed by atoms with van der Waals surface area (Å²) in [6, 6.07) is 6.99. The lowest BCUT2D eigenvalue weighted by molar-refractivity contribution is 0.0284. The number of nitrogens with one attached hydrogen (secondary N) is 1. The van der Waals surface area contributed by atoms with Gasteiger partial charge in [-0.3, -0.25) is 0 Å². The maximum atomic E-state index is 14.1. The van der Waals surface area contributed by atoms with Crippen LogP contribution >= 0.6 is 11.6 Å². The molecule has 0 bridgehead atoms. The molecule has 34 heavy (non-hydrogen) atoms. The molecule has 0 unspecified atom stereocenters. The van der Waals surface area contributed by atoms with Crippen molar-refractivity contribution in [3.8, 4) is 11.3 Å². The zero-order chi connectivity index (χ0) is 24.5. The van der Waals surface area contributed by atoms with Crippen LogP contribution < -0.4 is 5.32 Å². The van der Waals surface area contributed by atoms with Gasteiger partial charge in [0.2, 0.25) is 5.95 Å². The van der Waals surface area contributed by atoms with Crippen molar-refractivity contribution in [2.75, 3.05) is 25.6 Å². The fraction of sp³-hybridized carbons (Fsp3) is 0.318. The fourth-order valence-corrected chi connectivity index (χ4v) is 5.07. The van der Waals surface area contributed by atoms with Crippen molar-refractivity contribution in [2.45, 2.75) is 30.5 Å². The molecule has 0 spiro atoms. The summed E-state index contributed by atoms with van der Waals surface area (Å²) in [6.45, 7) is 2.21. The zero-order valence-corrected chi connectivity index (χ0v) is 19.9. The molecule has 3 aromatic rings. The molecule has 4 rings (SSSR count). The molecule has 0 radical (unpaired) electrons. The molecule has 1 aromatic carbocycles. The topological polar surface area (TPSA) is 112 Å². The van der Waals surface area contributed by atoms with Crippen molar-refractivity contribution in [1.29, 1.82) is 0 Å². The smallest absolute Gasteiger partial charge is 0.355 e. The van der Waals surface area contributed by atoms with E-state index in [-0.39, 0.29) is 39.4 Å². The van der Waals surface area contributed by atoms with E-state index in [1.807, 2.05) is 6.92 Å². The number of methoxy groups -OCH3 is 1. The number of aryl methyl sites for hydroxylation is 1. The average Bonchev–Trinajstić information content (AvgIpc) is 3.28. The average molecular weight is 509 g/mol. The van der Waals surface area contributed by atoms with E-state index in [1.54, 1.807) is 12.1 Å². The molecule has 1 aliphatic heterocycles. The number of aromatic nitrogens is 3. The van der Waals surface area contributed by atoms with Gasteiger partial charge in [0.25, 0.3) is 10.0 Å². The molecule has 1 aliphatic rings. The molecule has 0 amide bonds. The Morgan fingerprint density at radius 3 is 2.74 bits per heavy atom. The van der Waals surface area contributed by atoms with Crippen molar-refractivity contribution < 1.29 is 27.1 Å². The molecular weight excluding hydrogens is 487 g/mol. The molecule has 0 saturated carbocycles. The SMILES string of the molecule is COC(=O)c1cc(-c2nc(N[C@@H]3CCOC[C@@H]3F)ncc2Cl)cn1S(=O)(=O)c1ccc(C)cc1. The minimum Gasteiger partial charge on any atom is -0.464 e. The summed E-state index contributed by atoms with van der Waals surface area (Å²) in [5, 5.41) is 3.05. The molecule has 9 nitrogen and oxygen atoms in total. The van der Waals surface area contributed by atoms with Crippen molar-refractivity contribution in [3.63, 3.8) is 0 Å². The standard InChI is InChI=1S/C22H22ClFN4O5S/c1-13-3-5-15(6-4-13)34(30,31)28-11-14(9-19(28)21(29)32-2)20-16(23)10-25-22(27-20)26-18-7-8-33-12-17(18)24/h3-6,9-11,17-18H,7-8,12H2,1-2H3,(H,25,26,27)/t17-,18+/m0/s1. The molecule has 1 N–H and O–H groups in total. The van der Waals surface area contributed by atoms with E-state index in [1.165, 1.54) is 30.6 Å². The summed E-state index contributed by atoms with van der Waals surface area (Å²) in [7, 11) is -2.98. The summed E-state index contributed by atoms with van der Waals surface area (Å²) >= 11 is 6.30. The largest absolute Gasteiger partial charge is 0.464 e. The van der Waals surface area contributed by atoms with Crippen LogP contribution in [0.5, 0.6) is 0 Å². The number of nitrogens with zero attached hydrogens (tertiary/aromatic N) is 3. The number of ether oxygens (including phenoxy) is 2. The van der Waals surface area contributed by atoms with Gasteiger partial charge >= 0.3 is 5.97 Å². The van der Waals surface area contributed by atoms with E-state index >= 15 is 0 Å². The number of esters is 1. The van der Waals surface area contributed by atoms with Gasteiger partial charge in [0.15, 0.2) is 0 Å². The number of halogens is 2. The maximum Gasteiger partial charge on any atom is 0.355 e. The van der Waals surface area contributed by atoms with Crippen LogP contribution in [0.3, 0.4) is 0 Å². The second-order valence-corrected chi connectivity index (χ2v) is 9.96. The van der Waals surface area contributed by atoms with Crippen molar-refractivity contribution in [1.82, 2.24) is 13.9 Å². The first-order valence-corrected chi connectivity index (χ1v) is 12.2. The molecule has 1 saturated heterocycles. The molecule has 0 aliphatic carbocycles. The summed E-state index contributed by atoms with van der Waals surface area (Å²) in [4.78, 5) is 20.9. The predicted octanol–water partition coefficient (Wildman–Crippen LogP) is 3.47. The maximum absolute atomic E-state index is 14.1. The normalized spacial score (nSPS) is 18.5. The van der Waals surface area contributed by atoms with Crippen LogP contribution in [0.1, 0.15) is 22.5 Å². The van der Waals surface area contributed by atoms with Gasteiger partial charge in [0, 0.05) is 18.4 Å². The highest BCUT2D eigenvalue weighted by molar-refractivity contribution is 7.90. The zero-order valence-electron chi connectivity index (χ0n) is 18.4. The summed E-state index contributed by atoms with van der Waals surface area (Å²) in [5.74, 6) is -0.740. The van der Waals surface area contributed by atoms with E-state index in [4.69, 9.17) is 21.1 Å². The van der Waals surface area contributed by atoms with Crippen molar-refractivity contribution in [2.24, 2.45) is 0 Å². The highest BCUT2D eigenvalue weighted by atomic mass is 35.5. The lowest BCUT2D eigenvalue weighted by atomic mass is 10.1. The van der Waals surface area contributed by atoms with Gasteiger partial charge in [-0.2, -0.15) is 0 Å². The first kappa shape index (κ1) is 24.1. The van der Waals surface area contributed by atoms with E-state index in [2.05, 4.69) is 15.3 Å². The minimum absolute atomic E-state index is 0.00458. The van der Waals surface area contributed by atoms with Gasteiger partial charge in [-0.1, -0.05) is 29.3 Å². The van der Waals surface area contributed by atoms with Gasteiger partial charge in [-0.05, 0) is 31.5 Å². The van der Waals surface area contributed by atoms with Gasteiger partial charge < -0.3 is 14.8 Å². The van der Waals surface area contributed by atoms with Crippen LogP contribution in [-0.4, -0.2) is 60.9 Å². The number of benzene rings is 1. The van der Waals surface area contributed by atoms with Gasteiger partial charge in [-0.25, -0.2) is 31.5 Å². The Kier molecular flexibility index (Phi) is 6.87. The van der Waals surface area contributed by atoms with Crippen LogP contribution in [0.25, 0.3) is 11.3 Å². The lowest BCUT2D eigenvalue weighted by Crippen LogP contribution is -2.39. The molecular formula is C22H22ClFN4O5S. The minimum atomic E-state index is -4.13. The third-order valence-electron chi connectivity index (χ3n) is 5.38. The van der Waals surface area contributed by atoms with Crippen LogP contribution in [0.2, 0.25) is 5.02 Å². The summed E-state index contributed by atoms with van der Waals surface area (Å²) < 4.78 is 51.5. The van der Waals surface area contributed by atoms with Gasteiger partial charge in [0.05, 0.1) is 41.6 Å². The number of hydrogen-bond acceptors (Lipinski definition) is 8. The molecule has 3 heterocycles. The Balaban J connectivity index is 1.76. The Morgan fingerprint density at radius 2 is 2.06 bits per heavy atom. The highest BCUT2D eigenvalue weighted by Crippen LogP contribution is 2.31. The predicted molar refractivity (Wildman–Crippen MR) is 123 cm³/mol. The highest BCUT2D eigenvalue weighted by Gasteiger charge is 2.28. The number of anilines is 1. The Morgan fingerprint density at radius 1 is 1.32 bits per heavy atom. The first-order valence-electron chi connectivity index (χ1n) is 10.3. The number of carbonyl (C=O) groups is 1. The van der Waals surface area contributed by atoms with Crippen molar-refractivity contribution in [3.05, 3.63) is 59.0 Å². The quantitative estimate of drug-likeness (QED) is 0.504. The van der Waals surface area contributed by atoms with Crippen LogP contribution in [0.15, 0.2) is 47.6 Å². The van der Waals surface area contributed by atoms with Crippen LogP contribution in [0.4, 0.5) is 10.3 Å². The number of carbonyl (C=O) groups excluding carboxylic acids is 1. The molecule has 1 fully saturated rings. The van der Waals surface area contributed by atoms with Crippen LogP contribution in [-0.2, 0) is 19.5 Å². The first-order chi connectivity index (χ1) is 16.2. The Hall–Kier alpha value is -3.02. The third kappa shape index (κ3) is 4.77. The van der Waals surface area contributed by atoms with Crippen LogP contribution in [0, 0.1) is 6.92 Å². The second kappa shape index (κ2) is 9.69. The molecule has 2 atom stereocenters. The van der Waals surface area contributed by atoms with Gasteiger partial charge in [0.1, 0.15) is 11.9 Å². The van der Waals surface area contributed by atoms with E-state index in [0.717, 1.165) is 16.6 Å². The summed E-state index contributed by atoms with van der Waals surface area (Å²) in [6.07, 6.45) is 1.76. The van der Waals surface area contributed by atoms with E-state index in [0.29, 0.717) is 13.0 Å². The third-order valence-corrected chi connectivity index (χ3v) is 7.34. The van der Waals surface area contributed by atoms with Crippen molar-refractivity contribution >= 4 is 33.5 Å². The molecule has 2 aromatic heterocycles. The Bertz CT molecular complexity index is 1310. The monoisotopic (exact) mass is 508 g/mol. The lowest BCUT2D eigenvalue weighted by Gasteiger charge is -2.26. The molecule has 180 valence electrons. The molecule has 12 heteroatoms. The number of hydrogen-bond donors (Lipinski definition) is 1. The Labute approximate surface area is 200 Å². The number of alkyl halides is 1. The van der Waals surface area contributed by atoms with E-state index < -0.39 is 28.2 Å². The summed E-state index contributed by atoms with van der Waals surface area (Å²) in [5.41, 5.74) is 1.07. The van der Waals surface area contributed by atoms with E-state index in [9.17, 15) is 17.6 Å². The second-order valence-electron chi connectivity index (χ2n) is 7.74. The fourth-order valence-electron chi connectivity index (χ4n) is 3.52.